The second kappa shape index (κ2) is 6.11. The summed E-state index contributed by atoms with van der Waals surface area (Å²) in [5.41, 5.74) is 8.25. The summed E-state index contributed by atoms with van der Waals surface area (Å²) in [5.74, 6) is 0.826. The van der Waals surface area contributed by atoms with E-state index in [9.17, 15) is 0 Å². The van der Waals surface area contributed by atoms with Crippen LogP contribution in [0.15, 0.2) is 40.8 Å². The molecule has 21 heavy (non-hydrogen) atoms. The van der Waals surface area contributed by atoms with Crippen LogP contribution in [-0.2, 0) is 6.54 Å². The molecule has 0 radical (unpaired) electrons. The van der Waals surface area contributed by atoms with Crippen LogP contribution >= 0.6 is 11.8 Å². The zero-order valence-corrected chi connectivity index (χ0v) is 12.4. The van der Waals surface area contributed by atoms with Gasteiger partial charge in [0.25, 0.3) is 0 Å². The molecule has 3 aromatic rings. The van der Waals surface area contributed by atoms with Crippen LogP contribution in [0.25, 0.3) is 11.0 Å². The van der Waals surface area contributed by atoms with Gasteiger partial charge in [-0.05, 0) is 30.8 Å². The van der Waals surface area contributed by atoms with Gasteiger partial charge in [-0.2, -0.15) is 0 Å². The van der Waals surface area contributed by atoms with Crippen LogP contribution in [0.4, 0.5) is 0 Å². The van der Waals surface area contributed by atoms with Gasteiger partial charge in [0.2, 0.25) is 0 Å². The van der Waals surface area contributed by atoms with Gasteiger partial charge in [-0.1, -0.05) is 0 Å². The van der Waals surface area contributed by atoms with Crippen LogP contribution in [0.3, 0.4) is 0 Å². The predicted octanol–water partition coefficient (Wildman–Crippen LogP) is 2.36. The highest BCUT2D eigenvalue weighted by Gasteiger charge is 2.10. The number of benzene rings is 1. The Morgan fingerprint density at radius 1 is 1.29 bits per heavy atom. The third-order valence-electron chi connectivity index (χ3n) is 2.87. The van der Waals surface area contributed by atoms with Crippen LogP contribution in [-0.4, -0.2) is 26.5 Å². The van der Waals surface area contributed by atoms with Gasteiger partial charge in [0.1, 0.15) is 10.8 Å². The smallest absolute Gasteiger partial charge is 0.172 e. The molecule has 3 N–H and O–H groups in total. The summed E-state index contributed by atoms with van der Waals surface area (Å²) in [6.45, 7) is 2.95. The van der Waals surface area contributed by atoms with Crippen molar-refractivity contribution in [2.24, 2.45) is 5.73 Å². The van der Waals surface area contributed by atoms with E-state index in [0.717, 1.165) is 32.7 Å². The molecule has 0 spiro atoms. The molecule has 2 heterocycles. The number of fused-ring (bicyclic) bond motifs is 1. The Kier molecular flexibility index (Phi) is 4.03. The van der Waals surface area contributed by atoms with E-state index in [2.05, 4.69) is 19.9 Å². The van der Waals surface area contributed by atoms with E-state index in [1.807, 2.05) is 25.1 Å². The van der Waals surface area contributed by atoms with E-state index in [-0.39, 0.29) is 0 Å². The standard InChI is InChI=1S/C14H15N5OS/c1-2-20-9-3-4-10-11(7-9)19-14(18-10)21-13-12(8-15)16-5-6-17-13/h3-7H,2,8,15H2,1H3,(H,18,19). The monoisotopic (exact) mass is 301 g/mol. The quantitative estimate of drug-likeness (QED) is 0.752. The maximum Gasteiger partial charge on any atom is 0.172 e. The molecular weight excluding hydrogens is 286 g/mol. The summed E-state index contributed by atoms with van der Waals surface area (Å²) in [6, 6.07) is 5.78. The lowest BCUT2D eigenvalue weighted by Gasteiger charge is -2.01. The third kappa shape index (κ3) is 2.98. The maximum atomic E-state index is 5.67. The molecule has 3 rings (SSSR count). The summed E-state index contributed by atoms with van der Waals surface area (Å²) in [5, 5.41) is 1.53. The van der Waals surface area contributed by atoms with Crippen LogP contribution in [0.5, 0.6) is 5.75 Å². The lowest BCUT2D eigenvalue weighted by molar-refractivity contribution is 0.340. The molecule has 0 unspecified atom stereocenters. The summed E-state index contributed by atoms with van der Waals surface area (Å²) >= 11 is 1.42. The lowest BCUT2D eigenvalue weighted by Crippen LogP contribution is -2.02. The Bertz CT molecular complexity index is 758. The van der Waals surface area contributed by atoms with Crippen molar-refractivity contribution < 1.29 is 4.74 Å². The average Bonchev–Trinajstić information content (AvgIpc) is 2.89. The molecule has 2 aromatic heterocycles. The van der Waals surface area contributed by atoms with E-state index in [1.54, 1.807) is 12.4 Å². The maximum absolute atomic E-state index is 5.67. The first-order valence-corrected chi connectivity index (χ1v) is 7.42. The molecule has 108 valence electrons. The summed E-state index contributed by atoms with van der Waals surface area (Å²) in [6.07, 6.45) is 3.29. The van der Waals surface area contributed by atoms with Crippen molar-refractivity contribution in [3.8, 4) is 5.75 Å². The topological polar surface area (TPSA) is 89.7 Å². The first-order chi connectivity index (χ1) is 10.3. The molecule has 7 heteroatoms. The van der Waals surface area contributed by atoms with Crippen LogP contribution in [0, 0.1) is 0 Å². The normalized spacial score (nSPS) is 11.0. The zero-order chi connectivity index (χ0) is 14.7. The molecule has 0 bridgehead atoms. The number of hydrogen-bond acceptors (Lipinski definition) is 6. The molecule has 1 aromatic carbocycles. The van der Waals surface area contributed by atoms with E-state index in [4.69, 9.17) is 10.5 Å². The summed E-state index contributed by atoms with van der Waals surface area (Å²) < 4.78 is 5.48. The van der Waals surface area contributed by atoms with Gasteiger partial charge in [0.05, 0.1) is 23.3 Å². The SMILES string of the molecule is CCOc1ccc2nc(Sc3nccnc3CN)[nH]c2c1. The van der Waals surface area contributed by atoms with Gasteiger partial charge in [0, 0.05) is 25.0 Å². The molecule has 0 saturated heterocycles. The number of imidazole rings is 1. The Hall–Kier alpha value is -2.12. The van der Waals surface area contributed by atoms with Crippen LogP contribution < -0.4 is 10.5 Å². The highest BCUT2D eigenvalue weighted by Crippen LogP contribution is 2.28. The number of H-pyrrole nitrogens is 1. The number of aromatic amines is 1. The number of nitrogens with one attached hydrogen (secondary N) is 1. The number of rotatable bonds is 5. The molecule has 0 aliphatic carbocycles. The average molecular weight is 301 g/mol. The molecule has 0 atom stereocenters. The molecular formula is C14H15N5OS. The Balaban J connectivity index is 1.90. The zero-order valence-electron chi connectivity index (χ0n) is 11.5. The molecule has 0 saturated carbocycles. The number of ether oxygens (including phenoxy) is 1. The van der Waals surface area contributed by atoms with Gasteiger partial charge in [-0.25, -0.2) is 9.97 Å². The number of hydrogen-bond donors (Lipinski definition) is 2. The third-order valence-corrected chi connectivity index (χ3v) is 3.79. The molecule has 0 amide bonds. The van der Waals surface area contributed by atoms with Gasteiger partial charge in [0.15, 0.2) is 5.16 Å². The fourth-order valence-electron chi connectivity index (χ4n) is 1.94. The Morgan fingerprint density at radius 3 is 2.95 bits per heavy atom. The van der Waals surface area contributed by atoms with E-state index < -0.39 is 0 Å². The number of nitrogens with two attached hydrogens (primary N) is 1. The van der Waals surface area contributed by atoms with Gasteiger partial charge >= 0.3 is 0 Å². The minimum absolute atomic E-state index is 0.352. The van der Waals surface area contributed by atoms with Crippen molar-refractivity contribution in [3.63, 3.8) is 0 Å². The van der Waals surface area contributed by atoms with Crippen LogP contribution in [0.2, 0.25) is 0 Å². The second-order valence-electron chi connectivity index (χ2n) is 4.27. The Morgan fingerprint density at radius 2 is 2.14 bits per heavy atom. The lowest BCUT2D eigenvalue weighted by atomic mass is 10.3. The van der Waals surface area contributed by atoms with Gasteiger partial charge < -0.3 is 15.5 Å². The van der Waals surface area contributed by atoms with Crippen molar-refractivity contribution in [2.45, 2.75) is 23.7 Å². The van der Waals surface area contributed by atoms with Crippen molar-refractivity contribution in [1.82, 2.24) is 19.9 Å². The van der Waals surface area contributed by atoms with Crippen molar-refractivity contribution in [3.05, 3.63) is 36.3 Å². The highest BCUT2D eigenvalue weighted by molar-refractivity contribution is 7.99. The van der Waals surface area contributed by atoms with E-state index in [0.29, 0.717) is 13.2 Å². The largest absolute Gasteiger partial charge is 0.494 e. The minimum atomic E-state index is 0.352. The highest BCUT2D eigenvalue weighted by atomic mass is 32.2. The van der Waals surface area contributed by atoms with Crippen LogP contribution in [0.1, 0.15) is 12.6 Å². The predicted molar refractivity (Wildman–Crippen MR) is 81.3 cm³/mol. The van der Waals surface area contributed by atoms with E-state index >= 15 is 0 Å². The number of nitrogens with zero attached hydrogens (tertiary/aromatic N) is 3. The summed E-state index contributed by atoms with van der Waals surface area (Å²) in [4.78, 5) is 16.3. The fraction of sp³-hybridized carbons (Fsp3) is 0.214. The molecule has 0 fully saturated rings. The second-order valence-corrected chi connectivity index (χ2v) is 5.25. The molecule has 0 aliphatic heterocycles. The first-order valence-electron chi connectivity index (χ1n) is 6.60. The van der Waals surface area contributed by atoms with E-state index in [1.165, 1.54) is 11.8 Å². The first kappa shape index (κ1) is 13.8. The van der Waals surface area contributed by atoms with Crippen molar-refractivity contribution in [2.75, 3.05) is 6.61 Å². The van der Waals surface area contributed by atoms with Crippen molar-refractivity contribution >= 4 is 22.8 Å². The van der Waals surface area contributed by atoms with Gasteiger partial charge in [-0.3, -0.25) is 4.98 Å². The molecule has 0 aliphatic rings. The molecule has 6 nitrogen and oxygen atoms in total. The van der Waals surface area contributed by atoms with Gasteiger partial charge in [-0.15, -0.1) is 0 Å². The summed E-state index contributed by atoms with van der Waals surface area (Å²) in [7, 11) is 0. The number of aromatic nitrogens is 4. The fourth-order valence-corrected chi connectivity index (χ4v) is 2.80. The Labute approximate surface area is 126 Å². The van der Waals surface area contributed by atoms with Crippen molar-refractivity contribution in [1.29, 1.82) is 0 Å². The minimum Gasteiger partial charge on any atom is -0.494 e.